The summed E-state index contributed by atoms with van der Waals surface area (Å²) in [7, 11) is 6.21. The van der Waals surface area contributed by atoms with Gasteiger partial charge in [-0.15, -0.1) is 0 Å². The van der Waals surface area contributed by atoms with E-state index in [-0.39, 0.29) is 33.6 Å². The molecule has 0 aliphatic carbocycles. The lowest BCUT2D eigenvalue weighted by Gasteiger charge is -2.50. The van der Waals surface area contributed by atoms with Gasteiger partial charge in [0, 0.05) is 38.1 Å². The summed E-state index contributed by atoms with van der Waals surface area (Å²) in [6, 6.07) is 0. The summed E-state index contributed by atoms with van der Waals surface area (Å²) in [6.45, 7) is 19.2. The van der Waals surface area contributed by atoms with Crippen molar-refractivity contribution in [1.29, 1.82) is 0 Å². The van der Waals surface area contributed by atoms with Crippen molar-refractivity contribution in [2.75, 3.05) is 21.1 Å². The molecule has 0 fully saturated rings. The number of carbonyl (C=O) groups excluding carboxylic acids is 1. The van der Waals surface area contributed by atoms with Crippen LogP contribution in [0.1, 0.15) is 75.2 Å². The Labute approximate surface area is 151 Å². The summed E-state index contributed by atoms with van der Waals surface area (Å²) < 4.78 is 0. The normalized spacial score (nSPS) is 16.0. The third kappa shape index (κ3) is 6.45. The topological polar surface area (TPSA) is 49.6 Å². The molecular weight excluding hydrogens is 298 g/mol. The van der Waals surface area contributed by atoms with Gasteiger partial charge in [0.2, 0.25) is 0 Å². The molecule has 0 spiro atoms. The summed E-state index contributed by atoms with van der Waals surface area (Å²) in [4.78, 5) is 12.6. The molecule has 1 unspecified atom stereocenters. The molecule has 0 aromatic heterocycles. The predicted molar refractivity (Wildman–Crippen MR) is 105 cm³/mol. The average molecular weight is 342 g/mol. The Balaban J connectivity index is 5.70. The third-order valence-corrected chi connectivity index (χ3v) is 5.24. The van der Waals surface area contributed by atoms with Crippen molar-refractivity contribution in [1.82, 2.24) is 10.0 Å². The zero-order valence-electron chi connectivity index (χ0n) is 18.4. The van der Waals surface area contributed by atoms with Crippen molar-refractivity contribution >= 4 is 5.78 Å². The molecule has 2 N–H and O–H groups in total. The number of nitrogens with zero attached hydrogens (tertiary/aromatic N) is 2. The Morgan fingerprint density at radius 2 is 1.25 bits per heavy atom. The minimum Gasteiger partial charge on any atom is -0.326 e. The molecule has 144 valence electrons. The number of hydrogen-bond acceptors (Lipinski definition) is 4. The van der Waals surface area contributed by atoms with Crippen molar-refractivity contribution in [2.24, 2.45) is 22.5 Å². The van der Waals surface area contributed by atoms with Crippen molar-refractivity contribution in [2.45, 2.75) is 86.2 Å². The van der Waals surface area contributed by atoms with Crippen LogP contribution in [0.5, 0.6) is 0 Å². The largest absolute Gasteiger partial charge is 0.326 e. The molecule has 0 aliphatic heterocycles. The Bertz CT molecular complexity index is 431. The molecule has 0 amide bonds. The van der Waals surface area contributed by atoms with Crippen molar-refractivity contribution in [3.05, 3.63) is 0 Å². The van der Waals surface area contributed by atoms with E-state index in [0.29, 0.717) is 0 Å². The van der Waals surface area contributed by atoms with Gasteiger partial charge in [0.05, 0.1) is 0 Å². The quantitative estimate of drug-likeness (QED) is 0.645. The molecule has 24 heavy (non-hydrogen) atoms. The van der Waals surface area contributed by atoms with Crippen molar-refractivity contribution < 1.29 is 4.79 Å². The Hall–Kier alpha value is -0.450. The molecule has 4 nitrogen and oxygen atoms in total. The van der Waals surface area contributed by atoms with E-state index in [1.54, 1.807) is 6.92 Å². The van der Waals surface area contributed by atoms with Gasteiger partial charge in [-0.1, -0.05) is 27.7 Å². The van der Waals surface area contributed by atoms with Crippen LogP contribution in [0, 0.1) is 16.7 Å². The fraction of sp³-hybridized carbons (Fsp3) is 0.950. The highest BCUT2D eigenvalue weighted by molar-refractivity contribution is 5.80. The molecule has 0 heterocycles. The van der Waals surface area contributed by atoms with Crippen LogP contribution >= 0.6 is 0 Å². The molecule has 0 radical (unpaired) electrons. The van der Waals surface area contributed by atoms with E-state index >= 15 is 0 Å². The number of hydrazine groups is 1. The van der Waals surface area contributed by atoms with Gasteiger partial charge < -0.3 is 5.73 Å². The monoisotopic (exact) mass is 341 g/mol. The zero-order chi connectivity index (χ0) is 19.7. The van der Waals surface area contributed by atoms with Crippen LogP contribution in [0.15, 0.2) is 0 Å². The van der Waals surface area contributed by atoms with E-state index in [9.17, 15) is 4.79 Å². The molecule has 0 aromatic carbocycles. The Morgan fingerprint density at radius 1 is 0.875 bits per heavy atom. The second-order valence-electron chi connectivity index (χ2n) is 10.5. The number of Topliss-reactive ketones (excluding diaryl/α,β-unsaturated/α-hetero) is 1. The van der Waals surface area contributed by atoms with Crippen LogP contribution in [-0.2, 0) is 4.79 Å². The Kier molecular flexibility index (Phi) is 7.29. The standard InChI is InChI=1S/C20H43N3O/c1-15(24)16(17(2,3)13-19(6,7)21)18(4,5)14-20(8,9)23(12)22(10)11/h16H,13-14,21H2,1-12H3. The number of ketones is 1. The predicted octanol–water partition coefficient (Wildman–Crippen LogP) is 3.95. The highest BCUT2D eigenvalue weighted by Crippen LogP contribution is 2.49. The van der Waals surface area contributed by atoms with Crippen molar-refractivity contribution in [3.63, 3.8) is 0 Å². The van der Waals surface area contributed by atoms with Gasteiger partial charge >= 0.3 is 0 Å². The third-order valence-electron chi connectivity index (χ3n) is 5.24. The summed E-state index contributed by atoms with van der Waals surface area (Å²) in [5.74, 6) is 0.222. The molecule has 0 aromatic rings. The maximum absolute atomic E-state index is 12.6. The number of nitrogens with two attached hydrogens (primary N) is 1. The smallest absolute Gasteiger partial charge is 0.133 e. The first kappa shape index (κ1) is 23.5. The van der Waals surface area contributed by atoms with Crippen LogP contribution < -0.4 is 5.73 Å². The highest BCUT2D eigenvalue weighted by Gasteiger charge is 2.47. The van der Waals surface area contributed by atoms with Gasteiger partial charge in [0.1, 0.15) is 5.78 Å². The average Bonchev–Trinajstić information content (AvgIpc) is 2.19. The van der Waals surface area contributed by atoms with Gasteiger partial charge in [-0.3, -0.25) is 4.79 Å². The summed E-state index contributed by atoms with van der Waals surface area (Å²) in [6.07, 6.45) is 1.74. The van der Waals surface area contributed by atoms with Gasteiger partial charge in [-0.2, -0.15) is 0 Å². The second-order valence-corrected chi connectivity index (χ2v) is 10.5. The first-order valence-corrected chi connectivity index (χ1v) is 9.04. The summed E-state index contributed by atoms with van der Waals surface area (Å²) in [5, 5.41) is 4.35. The fourth-order valence-corrected chi connectivity index (χ4v) is 5.31. The lowest BCUT2D eigenvalue weighted by molar-refractivity contribution is -0.134. The van der Waals surface area contributed by atoms with Gasteiger partial charge in [0.15, 0.2) is 0 Å². The second kappa shape index (κ2) is 7.43. The molecule has 0 aliphatic rings. The Morgan fingerprint density at radius 3 is 1.54 bits per heavy atom. The maximum Gasteiger partial charge on any atom is 0.133 e. The van der Waals surface area contributed by atoms with E-state index < -0.39 is 0 Å². The molecule has 0 saturated heterocycles. The SMILES string of the molecule is CC(=O)C(C(C)(C)CC(C)(C)N)C(C)(C)CC(C)(C)N(C)N(C)C. The van der Waals surface area contributed by atoms with Crippen LogP contribution in [0.2, 0.25) is 0 Å². The molecule has 1 atom stereocenters. The van der Waals surface area contributed by atoms with E-state index in [0.717, 1.165) is 12.8 Å². The van der Waals surface area contributed by atoms with Gasteiger partial charge in [-0.25, -0.2) is 10.0 Å². The lowest BCUT2D eigenvalue weighted by Crippen LogP contribution is -2.54. The van der Waals surface area contributed by atoms with Gasteiger partial charge in [0.25, 0.3) is 0 Å². The fourth-order valence-electron chi connectivity index (χ4n) is 5.31. The van der Waals surface area contributed by atoms with Crippen molar-refractivity contribution in [3.8, 4) is 0 Å². The minimum absolute atomic E-state index is 0.0392. The van der Waals surface area contributed by atoms with Crippen LogP contribution in [0.3, 0.4) is 0 Å². The molecule has 4 heteroatoms. The molecular formula is C20H43N3O. The van der Waals surface area contributed by atoms with E-state index in [4.69, 9.17) is 5.73 Å². The van der Waals surface area contributed by atoms with E-state index in [2.05, 4.69) is 72.7 Å². The lowest BCUT2D eigenvalue weighted by atomic mass is 9.57. The molecule has 0 rings (SSSR count). The number of rotatable bonds is 9. The number of hydrogen-bond donors (Lipinski definition) is 1. The highest BCUT2D eigenvalue weighted by atomic mass is 16.1. The van der Waals surface area contributed by atoms with Crippen LogP contribution in [0.25, 0.3) is 0 Å². The minimum atomic E-state index is -0.288. The van der Waals surface area contributed by atoms with Gasteiger partial charge in [-0.05, 0) is 58.3 Å². The maximum atomic E-state index is 12.6. The number of carbonyl (C=O) groups is 1. The first-order chi connectivity index (χ1) is 10.3. The van der Waals surface area contributed by atoms with E-state index in [1.165, 1.54) is 0 Å². The van der Waals surface area contributed by atoms with Crippen LogP contribution in [0.4, 0.5) is 0 Å². The van der Waals surface area contributed by atoms with Crippen LogP contribution in [-0.4, -0.2) is 48.0 Å². The van der Waals surface area contributed by atoms with E-state index in [1.807, 2.05) is 13.8 Å². The first-order valence-electron chi connectivity index (χ1n) is 9.04. The summed E-state index contributed by atoms with van der Waals surface area (Å²) >= 11 is 0. The molecule has 0 saturated carbocycles. The molecule has 0 bridgehead atoms. The zero-order valence-corrected chi connectivity index (χ0v) is 18.4. The summed E-state index contributed by atoms with van der Waals surface area (Å²) in [5.41, 5.74) is 5.67.